The first kappa shape index (κ1) is 10.3. The van der Waals surface area contributed by atoms with Crippen LogP contribution in [0.4, 0.5) is 11.5 Å². The van der Waals surface area contributed by atoms with E-state index in [0.717, 1.165) is 18.8 Å². The molecule has 84 valence electrons. The predicted molar refractivity (Wildman–Crippen MR) is 63.6 cm³/mol. The summed E-state index contributed by atoms with van der Waals surface area (Å²) in [5.74, 6) is 1.21. The van der Waals surface area contributed by atoms with Crippen LogP contribution in [-0.4, -0.2) is 28.9 Å². The molecule has 0 aromatic carbocycles. The van der Waals surface area contributed by atoms with Gasteiger partial charge in [0.25, 0.3) is 0 Å². The van der Waals surface area contributed by atoms with Crippen LogP contribution >= 0.6 is 0 Å². The molecule has 0 saturated carbocycles. The Balaban J connectivity index is 2.54. The summed E-state index contributed by atoms with van der Waals surface area (Å²) in [4.78, 5) is 2.32. The molecule has 0 saturated heterocycles. The average molecular weight is 208 g/mol. The van der Waals surface area contributed by atoms with Gasteiger partial charge in [-0.1, -0.05) is 0 Å². The second-order valence-electron chi connectivity index (χ2n) is 4.82. The molecule has 1 N–H and O–H groups in total. The van der Waals surface area contributed by atoms with Crippen molar-refractivity contribution in [2.45, 2.75) is 39.8 Å². The number of anilines is 2. The van der Waals surface area contributed by atoms with Gasteiger partial charge in [-0.3, -0.25) is 0 Å². The lowest BCUT2D eigenvalue weighted by molar-refractivity contribution is 0.483. The van der Waals surface area contributed by atoms with Crippen molar-refractivity contribution in [1.29, 1.82) is 0 Å². The Morgan fingerprint density at radius 2 is 2.13 bits per heavy atom. The minimum absolute atomic E-state index is 0.145. The number of aromatic nitrogens is 2. The SMILES string of the molecule is CCn1nc(C)c2c1N(C)C(C)(C)CN2. The summed E-state index contributed by atoms with van der Waals surface area (Å²) in [5.41, 5.74) is 2.43. The molecule has 0 radical (unpaired) electrons. The smallest absolute Gasteiger partial charge is 0.151 e. The Morgan fingerprint density at radius 1 is 1.47 bits per heavy atom. The third kappa shape index (κ3) is 1.39. The van der Waals surface area contributed by atoms with Gasteiger partial charge in [0.05, 0.1) is 11.2 Å². The third-order valence-electron chi connectivity index (χ3n) is 3.32. The maximum Gasteiger partial charge on any atom is 0.151 e. The highest BCUT2D eigenvalue weighted by molar-refractivity contribution is 5.72. The highest BCUT2D eigenvalue weighted by Gasteiger charge is 2.33. The zero-order chi connectivity index (χ0) is 11.2. The van der Waals surface area contributed by atoms with Crippen LogP contribution in [0.3, 0.4) is 0 Å². The van der Waals surface area contributed by atoms with Crippen molar-refractivity contribution in [3.63, 3.8) is 0 Å². The van der Waals surface area contributed by atoms with Gasteiger partial charge < -0.3 is 10.2 Å². The maximum atomic E-state index is 4.54. The van der Waals surface area contributed by atoms with Crippen molar-refractivity contribution in [3.05, 3.63) is 5.69 Å². The fraction of sp³-hybridized carbons (Fsp3) is 0.727. The Hall–Kier alpha value is -1.19. The first-order valence-electron chi connectivity index (χ1n) is 5.52. The molecule has 15 heavy (non-hydrogen) atoms. The van der Waals surface area contributed by atoms with Gasteiger partial charge in [-0.05, 0) is 27.7 Å². The molecular formula is C11H20N4. The molecule has 1 aromatic rings. The van der Waals surface area contributed by atoms with E-state index in [2.05, 4.69) is 54.7 Å². The van der Waals surface area contributed by atoms with E-state index in [1.54, 1.807) is 0 Å². The average Bonchev–Trinajstić information content (AvgIpc) is 2.50. The number of hydrogen-bond donors (Lipinski definition) is 1. The summed E-state index contributed by atoms with van der Waals surface area (Å²) in [5, 5.41) is 8.02. The molecule has 2 rings (SSSR count). The normalized spacial score (nSPS) is 18.6. The topological polar surface area (TPSA) is 33.1 Å². The van der Waals surface area contributed by atoms with Crippen molar-refractivity contribution in [3.8, 4) is 0 Å². The van der Waals surface area contributed by atoms with Crippen LogP contribution in [0.15, 0.2) is 0 Å². The summed E-state index contributed by atoms with van der Waals surface area (Å²) in [7, 11) is 2.15. The number of hydrogen-bond acceptors (Lipinski definition) is 3. The maximum absolute atomic E-state index is 4.54. The van der Waals surface area contributed by atoms with Crippen LogP contribution in [0, 0.1) is 6.92 Å². The number of aryl methyl sites for hydroxylation is 2. The summed E-state index contributed by atoms with van der Waals surface area (Å²) in [6, 6.07) is 0. The van der Waals surface area contributed by atoms with Gasteiger partial charge >= 0.3 is 0 Å². The van der Waals surface area contributed by atoms with Crippen LogP contribution < -0.4 is 10.2 Å². The largest absolute Gasteiger partial charge is 0.378 e. The van der Waals surface area contributed by atoms with Gasteiger partial charge in [0, 0.05) is 20.1 Å². The number of fused-ring (bicyclic) bond motifs is 1. The molecule has 0 atom stereocenters. The molecular weight excluding hydrogens is 188 g/mol. The minimum Gasteiger partial charge on any atom is -0.378 e. The van der Waals surface area contributed by atoms with Crippen molar-refractivity contribution in [2.24, 2.45) is 0 Å². The second-order valence-corrected chi connectivity index (χ2v) is 4.82. The Kier molecular flexibility index (Phi) is 2.17. The zero-order valence-corrected chi connectivity index (χ0v) is 10.3. The lowest BCUT2D eigenvalue weighted by atomic mass is 10.0. The minimum atomic E-state index is 0.145. The van der Waals surface area contributed by atoms with Gasteiger partial charge in [0.15, 0.2) is 5.82 Å². The van der Waals surface area contributed by atoms with E-state index in [1.165, 1.54) is 11.5 Å². The van der Waals surface area contributed by atoms with Crippen LogP contribution in [0.25, 0.3) is 0 Å². The van der Waals surface area contributed by atoms with Crippen LogP contribution in [-0.2, 0) is 6.54 Å². The van der Waals surface area contributed by atoms with Crippen molar-refractivity contribution in [1.82, 2.24) is 9.78 Å². The Morgan fingerprint density at radius 3 is 2.73 bits per heavy atom. The Bertz CT molecular complexity index is 378. The number of nitrogens with zero attached hydrogens (tertiary/aromatic N) is 3. The van der Waals surface area contributed by atoms with E-state index in [0.29, 0.717) is 0 Å². The number of rotatable bonds is 1. The summed E-state index contributed by atoms with van der Waals surface area (Å²) in [6.45, 7) is 10.5. The highest BCUT2D eigenvalue weighted by atomic mass is 15.4. The molecule has 1 aromatic heterocycles. The zero-order valence-electron chi connectivity index (χ0n) is 10.3. The first-order valence-corrected chi connectivity index (χ1v) is 5.52. The molecule has 2 heterocycles. The van der Waals surface area contributed by atoms with E-state index in [-0.39, 0.29) is 5.54 Å². The monoisotopic (exact) mass is 208 g/mol. The molecule has 4 nitrogen and oxygen atoms in total. The van der Waals surface area contributed by atoms with Gasteiger partial charge in [-0.15, -0.1) is 0 Å². The van der Waals surface area contributed by atoms with E-state index in [9.17, 15) is 0 Å². The molecule has 0 bridgehead atoms. The molecule has 0 fully saturated rings. The third-order valence-corrected chi connectivity index (χ3v) is 3.32. The van der Waals surface area contributed by atoms with E-state index in [4.69, 9.17) is 0 Å². The molecule has 0 unspecified atom stereocenters. The second kappa shape index (κ2) is 3.15. The van der Waals surface area contributed by atoms with Crippen molar-refractivity contribution < 1.29 is 0 Å². The predicted octanol–water partition coefficient (Wildman–Crippen LogP) is 1.85. The Labute approximate surface area is 91.3 Å². The van der Waals surface area contributed by atoms with Crippen LogP contribution in [0.1, 0.15) is 26.5 Å². The lowest BCUT2D eigenvalue weighted by Gasteiger charge is -2.42. The van der Waals surface area contributed by atoms with Gasteiger partial charge in [0.1, 0.15) is 5.69 Å². The molecule has 4 heteroatoms. The van der Waals surface area contributed by atoms with E-state index in [1.807, 2.05) is 0 Å². The fourth-order valence-electron chi connectivity index (χ4n) is 2.05. The number of likely N-dealkylation sites (N-methyl/N-ethyl adjacent to an activating group) is 1. The van der Waals surface area contributed by atoms with Gasteiger partial charge in [0.2, 0.25) is 0 Å². The fourth-order valence-corrected chi connectivity index (χ4v) is 2.05. The van der Waals surface area contributed by atoms with Gasteiger partial charge in [-0.25, -0.2) is 4.68 Å². The molecule has 1 aliphatic rings. The standard InChI is InChI=1S/C11H20N4/c1-6-15-10-9(8(2)13-15)12-7-11(3,4)14(10)5/h12H,6-7H2,1-5H3. The summed E-state index contributed by atoms with van der Waals surface area (Å²) < 4.78 is 2.07. The van der Waals surface area contributed by atoms with Crippen LogP contribution in [0.5, 0.6) is 0 Å². The van der Waals surface area contributed by atoms with Crippen LogP contribution in [0.2, 0.25) is 0 Å². The van der Waals surface area contributed by atoms with Crippen molar-refractivity contribution in [2.75, 3.05) is 23.8 Å². The highest BCUT2D eigenvalue weighted by Crippen LogP contribution is 2.36. The van der Waals surface area contributed by atoms with E-state index >= 15 is 0 Å². The number of nitrogens with one attached hydrogen (secondary N) is 1. The molecule has 0 aliphatic carbocycles. The van der Waals surface area contributed by atoms with E-state index < -0.39 is 0 Å². The lowest BCUT2D eigenvalue weighted by Crippen LogP contribution is -2.50. The molecule has 0 spiro atoms. The molecule has 1 aliphatic heterocycles. The summed E-state index contributed by atoms with van der Waals surface area (Å²) in [6.07, 6.45) is 0. The molecule has 0 amide bonds. The quantitative estimate of drug-likeness (QED) is 0.764. The summed E-state index contributed by atoms with van der Waals surface area (Å²) >= 11 is 0. The first-order chi connectivity index (χ1) is 6.97. The van der Waals surface area contributed by atoms with Crippen molar-refractivity contribution >= 4 is 11.5 Å². The van der Waals surface area contributed by atoms with Gasteiger partial charge in [-0.2, -0.15) is 5.10 Å².